The Morgan fingerprint density at radius 2 is 1.30 bits per heavy atom. The Hall–Kier alpha value is -7.16. The van der Waals surface area contributed by atoms with Gasteiger partial charge in [-0.05, 0) is 68.0 Å². The zero-order chi connectivity index (χ0) is 54.2. The molecule has 7 heterocycles. The lowest BCUT2D eigenvalue weighted by Gasteiger charge is -2.42. The number of ether oxygens (including phenoxy) is 3. The van der Waals surface area contributed by atoms with E-state index in [0.717, 1.165) is 132 Å². The Morgan fingerprint density at radius 3 is 1.94 bits per heavy atom. The van der Waals surface area contributed by atoms with Crippen LogP contribution >= 0.6 is 0 Å². The van der Waals surface area contributed by atoms with Crippen LogP contribution in [0.15, 0.2) is 73.3 Å². The average Bonchev–Trinajstić information content (AvgIpc) is 4.15. The number of carbonyl (C=O) groups is 2. The lowest BCUT2D eigenvalue weighted by Crippen LogP contribution is -2.55. The van der Waals surface area contributed by atoms with Gasteiger partial charge in [-0.25, -0.2) is 0 Å². The minimum Gasteiger partial charge on any atom is -0.462 e. The van der Waals surface area contributed by atoms with Gasteiger partial charge in [-0.15, -0.1) is 0 Å². The van der Waals surface area contributed by atoms with E-state index in [4.69, 9.17) is 34.1 Å². The van der Waals surface area contributed by atoms with Gasteiger partial charge in [-0.1, -0.05) is 55.1 Å². The maximum atomic E-state index is 14.0. The first kappa shape index (κ1) is 53.8. The predicted octanol–water partition coefficient (Wildman–Crippen LogP) is 4.39. The Kier molecular flexibility index (Phi) is 17.0. The summed E-state index contributed by atoms with van der Waals surface area (Å²) >= 11 is 0. The number of fused-ring (bicyclic) bond motifs is 4. The SMILES string of the molecule is C=CC(=O)N1CCN(c2nc(OCCN(C)C/C=C/C(=O)N3CCN(c4nc(OCCN5CCOCC5)nc5c4CCC(N4Cc6ccccc6C4)C5)C[C@@H]3CC#N)nc3c2CCC(N2CCc4ccccc42)C3)C[C@@H]1CC#N. The predicted molar refractivity (Wildman–Crippen MR) is 300 cm³/mol. The molecule has 0 saturated carbocycles. The second-order valence-corrected chi connectivity index (χ2v) is 22.1. The van der Waals surface area contributed by atoms with Gasteiger partial charge in [-0.3, -0.25) is 24.3 Å². The summed E-state index contributed by atoms with van der Waals surface area (Å²) in [6, 6.07) is 22.8. The molecule has 0 spiro atoms. The molecule has 4 atom stereocenters. The molecule has 2 aromatic heterocycles. The number of aromatic nitrogens is 4. The van der Waals surface area contributed by atoms with Gasteiger partial charge in [0.1, 0.15) is 24.8 Å². The molecule has 79 heavy (non-hydrogen) atoms. The first-order valence-electron chi connectivity index (χ1n) is 28.6. The molecular formula is C60H74N14O5. The summed E-state index contributed by atoms with van der Waals surface area (Å²) in [5.41, 5.74) is 9.76. The summed E-state index contributed by atoms with van der Waals surface area (Å²) in [5.74, 6) is 1.40. The van der Waals surface area contributed by atoms with Crippen LogP contribution in [0.1, 0.15) is 64.9 Å². The fourth-order valence-corrected chi connectivity index (χ4v) is 13.0. The zero-order valence-electron chi connectivity index (χ0n) is 45.8. The third-order valence-corrected chi connectivity index (χ3v) is 17.2. The van der Waals surface area contributed by atoms with Crippen LogP contribution < -0.4 is 24.2 Å². The van der Waals surface area contributed by atoms with Crippen molar-refractivity contribution < 1.29 is 23.8 Å². The highest BCUT2D eigenvalue weighted by Gasteiger charge is 2.38. The first-order valence-corrected chi connectivity index (χ1v) is 28.6. The second kappa shape index (κ2) is 24.9. The minimum atomic E-state index is -0.323. The van der Waals surface area contributed by atoms with E-state index in [9.17, 15) is 20.1 Å². The molecule has 0 radical (unpaired) electrons. The van der Waals surface area contributed by atoms with Gasteiger partial charge >= 0.3 is 12.0 Å². The van der Waals surface area contributed by atoms with E-state index in [1.807, 2.05) is 18.0 Å². The van der Waals surface area contributed by atoms with Crippen molar-refractivity contribution in [3.8, 4) is 24.2 Å². The van der Waals surface area contributed by atoms with Crippen molar-refractivity contribution in [1.82, 2.24) is 44.4 Å². The number of piperazine rings is 2. The minimum absolute atomic E-state index is 0.117. The normalized spacial score (nSPS) is 22.3. The quantitative estimate of drug-likeness (QED) is 0.128. The Bertz CT molecular complexity index is 2950. The van der Waals surface area contributed by atoms with Crippen molar-refractivity contribution in [3.63, 3.8) is 0 Å². The molecule has 3 saturated heterocycles. The van der Waals surface area contributed by atoms with Gasteiger partial charge in [0.25, 0.3) is 0 Å². The molecule has 4 aromatic rings. The van der Waals surface area contributed by atoms with E-state index in [-0.39, 0.29) is 36.7 Å². The van der Waals surface area contributed by atoms with Gasteiger partial charge in [0, 0.05) is 139 Å². The average molecular weight is 1070 g/mol. The number of nitriles is 2. The number of likely N-dealkylation sites (N-methyl/N-ethyl adjacent to an activating group) is 1. The van der Waals surface area contributed by atoms with Crippen LogP contribution in [-0.2, 0) is 59.5 Å². The number of amides is 2. The fourth-order valence-electron chi connectivity index (χ4n) is 13.0. The van der Waals surface area contributed by atoms with E-state index in [0.29, 0.717) is 89.7 Å². The van der Waals surface area contributed by atoms with E-state index in [1.54, 1.807) is 11.0 Å². The van der Waals surface area contributed by atoms with Gasteiger partial charge in [0.2, 0.25) is 11.8 Å². The van der Waals surface area contributed by atoms with E-state index in [1.165, 1.54) is 28.5 Å². The van der Waals surface area contributed by atoms with Crippen molar-refractivity contribution in [2.24, 2.45) is 0 Å². The van der Waals surface area contributed by atoms with Crippen molar-refractivity contribution in [3.05, 3.63) is 113 Å². The van der Waals surface area contributed by atoms with Crippen LogP contribution in [0.3, 0.4) is 0 Å². The van der Waals surface area contributed by atoms with Crippen molar-refractivity contribution in [2.75, 3.05) is 127 Å². The summed E-state index contributed by atoms with van der Waals surface area (Å²) in [7, 11) is 1.99. The van der Waals surface area contributed by atoms with Gasteiger partial charge in [-0.2, -0.15) is 30.5 Å². The Labute approximate surface area is 464 Å². The number of rotatable bonds is 18. The van der Waals surface area contributed by atoms with Crippen LogP contribution in [0.25, 0.3) is 0 Å². The smallest absolute Gasteiger partial charge is 0.318 e. The third-order valence-electron chi connectivity index (χ3n) is 17.2. The molecule has 7 aliphatic rings. The molecule has 2 aliphatic carbocycles. The van der Waals surface area contributed by atoms with Gasteiger partial charge in [0.15, 0.2) is 0 Å². The topological polar surface area (TPSA) is 187 Å². The molecule has 2 amide bonds. The number of carbonyl (C=O) groups excluding carboxylic acids is 2. The fraction of sp³-hybridized carbons (Fsp3) is 0.533. The highest BCUT2D eigenvalue weighted by molar-refractivity contribution is 5.88. The largest absolute Gasteiger partial charge is 0.462 e. The molecule has 0 N–H and O–H groups in total. The number of hydrogen-bond acceptors (Lipinski definition) is 17. The maximum absolute atomic E-state index is 14.0. The summed E-state index contributed by atoms with van der Waals surface area (Å²) in [4.78, 5) is 64.7. The molecule has 5 aliphatic heterocycles. The molecule has 0 bridgehead atoms. The number of hydrogen-bond donors (Lipinski definition) is 0. The van der Waals surface area contributed by atoms with Crippen LogP contribution in [0.5, 0.6) is 12.0 Å². The Morgan fingerprint density at radius 1 is 0.722 bits per heavy atom. The van der Waals surface area contributed by atoms with Gasteiger partial charge < -0.3 is 38.7 Å². The number of anilines is 3. The van der Waals surface area contributed by atoms with E-state index < -0.39 is 0 Å². The zero-order valence-corrected chi connectivity index (χ0v) is 45.8. The maximum Gasteiger partial charge on any atom is 0.318 e. The van der Waals surface area contributed by atoms with Crippen LogP contribution in [0.2, 0.25) is 0 Å². The second-order valence-electron chi connectivity index (χ2n) is 22.1. The lowest BCUT2D eigenvalue weighted by molar-refractivity contribution is -0.129. The number of benzene rings is 2. The van der Waals surface area contributed by atoms with E-state index >= 15 is 0 Å². The van der Waals surface area contributed by atoms with Crippen molar-refractivity contribution >= 4 is 29.1 Å². The molecule has 19 nitrogen and oxygen atoms in total. The van der Waals surface area contributed by atoms with Crippen LogP contribution in [0, 0.1) is 22.7 Å². The molecule has 3 fully saturated rings. The van der Waals surface area contributed by atoms with Gasteiger partial charge in [0.05, 0.1) is 61.7 Å². The Balaban J connectivity index is 0.726. The highest BCUT2D eigenvalue weighted by atomic mass is 16.5. The summed E-state index contributed by atoms with van der Waals surface area (Å²) in [6.07, 6.45) is 11.5. The summed E-state index contributed by atoms with van der Waals surface area (Å²) < 4.78 is 18.3. The monoisotopic (exact) mass is 1070 g/mol. The number of para-hydroxylation sites is 1. The van der Waals surface area contributed by atoms with Crippen molar-refractivity contribution in [2.45, 2.75) is 95.0 Å². The van der Waals surface area contributed by atoms with Crippen LogP contribution in [-0.4, -0.2) is 192 Å². The summed E-state index contributed by atoms with van der Waals surface area (Å²) in [6.45, 7) is 15.4. The molecule has 2 unspecified atom stereocenters. The molecule has 2 aromatic carbocycles. The highest BCUT2D eigenvalue weighted by Crippen LogP contribution is 2.39. The van der Waals surface area contributed by atoms with Crippen molar-refractivity contribution in [1.29, 1.82) is 10.5 Å². The number of nitrogens with zero attached hydrogens (tertiary/aromatic N) is 14. The lowest BCUT2D eigenvalue weighted by atomic mass is 9.90. The molecule has 19 heteroatoms. The number of morpholine rings is 1. The summed E-state index contributed by atoms with van der Waals surface area (Å²) in [5, 5.41) is 19.8. The third kappa shape index (κ3) is 12.2. The molecular weight excluding hydrogens is 997 g/mol. The molecule has 11 rings (SSSR count). The van der Waals surface area contributed by atoms with Crippen LogP contribution in [0.4, 0.5) is 17.3 Å². The first-order chi connectivity index (χ1) is 38.7. The standard InChI is InChI=1S/C60H74N14O5/c1-3-55(75)73-27-25-69(41-48(73)18-21-61)58-51-17-15-47(72-24-20-43-9-6-7-12-54(43)72)38-53(51)64-59(65-58)78-35-29-67(2)23-8-13-56(76)74-28-26-70(42-49(74)19-22-62)57-50-16-14-46(71-39-44-10-4-5-11-45(44)40-71)37-52(50)63-60(66-57)79-36-32-68-30-33-77-34-31-68/h3-13,46-49H,1,14-20,23-42H2,2H3/b13-8+/t46?,47?,48-,49-/m0/s1. The van der Waals surface area contributed by atoms with E-state index in [2.05, 4.69) is 96.6 Å². The molecule has 414 valence electrons.